The molecule has 0 unspecified atom stereocenters. The average molecular weight is 428 g/mol. The topological polar surface area (TPSA) is 115 Å². The molecule has 0 aliphatic heterocycles. The smallest absolute Gasteiger partial charge is 0.359 e. The number of carboxylic acids is 3. The van der Waals surface area contributed by atoms with Crippen molar-refractivity contribution in [2.75, 3.05) is 26.2 Å². The van der Waals surface area contributed by atoms with Gasteiger partial charge in [-0.1, -0.05) is 64.0 Å². The third-order valence-electron chi connectivity index (χ3n) is 5.30. The predicted octanol–water partition coefficient (Wildman–Crippen LogP) is 3.37. The second-order valence-electron chi connectivity index (χ2n) is 8.28. The van der Waals surface area contributed by atoms with Crippen molar-refractivity contribution in [3.63, 3.8) is 0 Å². The lowest BCUT2D eigenvalue weighted by atomic mass is 10.1. The van der Waals surface area contributed by atoms with Crippen LogP contribution in [0.2, 0.25) is 0 Å². The van der Waals surface area contributed by atoms with E-state index >= 15 is 0 Å². The molecule has 30 heavy (non-hydrogen) atoms. The maximum atomic E-state index is 11.1. The Bertz CT molecular complexity index is 477. The molecule has 0 spiro atoms. The summed E-state index contributed by atoms with van der Waals surface area (Å²) in [5.41, 5.74) is 0. The Morgan fingerprint density at radius 1 is 0.700 bits per heavy atom. The van der Waals surface area contributed by atoms with Crippen LogP contribution in [-0.2, 0) is 14.4 Å². The largest absolute Gasteiger partial charge is 0.544 e. The maximum absolute atomic E-state index is 11.1. The van der Waals surface area contributed by atoms with E-state index in [1.165, 1.54) is 51.4 Å². The zero-order valence-electron chi connectivity index (χ0n) is 18.7. The Morgan fingerprint density at radius 3 is 1.57 bits per heavy atom. The highest BCUT2D eigenvalue weighted by Gasteiger charge is 2.33. The first-order chi connectivity index (χ1) is 14.3. The van der Waals surface area contributed by atoms with Gasteiger partial charge in [0.25, 0.3) is 0 Å². The Hall–Kier alpha value is -1.89. The number of unbranched alkanes of at least 4 members (excludes halogenated alkanes) is 11. The molecular formula is C23H41NO6. The normalized spacial score (nSPS) is 11.8. The number of hydrogen-bond acceptors (Lipinski definition) is 4. The van der Waals surface area contributed by atoms with E-state index in [1.807, 2.05) is 0 Å². The Balaban J connectivity index is 4.00. The lowest BCUT2D eigenvalue weighted by Crippen LogP contribution is -2.59. The summed E-state index contributed by atoms with van der Waals surface area (Å²) < 4.78 is -0.513. The number of carboxylic acid groups (broad SMARTS) is 3. The first kappa shape index (κ1) is 28.1. The summed E-state index contributed by atoms with van der Waals surface area (Å²) in [6.07, 6.45) is 19.2. The van der Waals surface area contributed by atoms with Gasteiger partial charge >= 0.3 is 11.9 Å². The van der Waals surface area contributed by atoms with Crippen LogP contribution in [0, 0.1) is 0 Å². The molecule has 0 aromatic heterocycles. The van der Waals surface area contributed by atoms with Gasteiger partial charge < -0.3 is 24.6 Å². The summed E-state index contributed by atoms with van der Waals surface area (Å²) in [6, 6.07) is 0. The van der Waals surface area contributed by atoms with Gasteiger partial charge in [0.05, 0.1) is 12.5 Å². The fourth-order valence-corrected chi connectivity index (χ4v) is 3.77. The zero-order valence-corrected chi connectivity index (χ0v) is 18.7. The molecule has 0 bridgehead atoms. The van der Waals surface area contributed by atoms with E-state index in [2.05, 4.69) is 19.1 Å². The molecule has 0 saturated carbocycles. The molecule has 7 heteroatoms. The van der Waals surface area contributed by atoms with Gasteiger partial charge in [-0.15, -0.1) is 0 Å². The molecule has 0 amide bonds. The van der Waals surface area contributed by atoms with Gasteiger partial charge in [0.2, 0.25) is 0 Å². The monoisotopic (exact) mass is 427 g/mol. The molecule has 0 saturated heterocycles. The second-order valence-corrected chi connectivity index (χ2v) is 8.28. The number of rotatable bonds is 21. The molecule has 7 nitrogen and oxygen atoms in total. The molecular weight excluding hydrogens is 386 g/mol. The van der Waals surface area contributed by atoms with Gasteiger partial charge in [0.1, 0.15) is 6.54 Å². The molecule has 0 aromatic carbocycles. The molecule has 2 N–H and O–H groups in total. The summed E-state index contributed by atoms with van der Waals surface area (Å²) in [5.74, 6) is -3.84. The van der Waals surface area contributed by atoms with Crippen LogP contribution in [0.1, 0.15) is 90.4 Å². The van der Waals surface area contributed by atoms with Crippen LogP contribution in [0.15, 0.2) is 12.2 Å². The SMILES string of the molecule is CCCCCCCCCC/C=C/CCCCC[N+](CC(=O)[O-])(CC(=O)O)CC(=O)O. The van der Waals surface area contributed by atoms with Gasteiger partial charge in [-0.2, -0.15) is 0 Å². The van der Waals surface area contributed by atoms with E-state index < -0.39 is 42.0 Å². The molecule has 0 aliphatic rings. The van der Waals surface area contributed by atoms with Crippen molar-refractivity contribution in [2.45, 2.75) is 90.4 Å². The fraction of sp³-hybridized carbons (Fsp3) is 0.783. The van der Waals surface area contributed by atoms with E-state index in [0.717, 1.165) is 25.7 Å². The lowest BCUT2D eigenvalue weighted by molar-refractivity contribution is -0.909. The summed E-state index contributed by atoms with van der Waals surface area (Å²) in [5, 5.41) is 29.2. The number of hydrogen-bond donors (Lipinski definition) is 2. The molecule has 0 rings (SSSR count). The zero-order chi connectivity index (χ0) is 22.7. The number of aliphatic carboxylic acids is 3. The highest BCUT2D eigenvalue weighted by Crippen LogP contribution is 2.13. The molecule has 0 radical (unpaired) electrons. The van der Waals surface area contributed by atoms with Crippen molar-refractivity contribution < 1.29 is 34.2 Å². The molecule has 0 aromatic rings. The quantitative estimate of drug-likeness (QED) is 0.165. The van der Waals surface area contributed by atoms with Crippen molar-refractivity contribution in [1.82, 2.24) is 0 Å². The highest BCUT2D eigenvalue weighted by molar-refractivity contribution is 5.72. The third-order valence-corrected chi connectivity index (χ3v) is 5.30. The minimum Gasteiger partial charge on any atom is -0.544 e. The molecule has 0 heterocycles. The van der Waals surface area contributed by atoms with Crippen LogP contribution >= 0.6 is 0 Å². The molecule has 0 atom stereocenters. The third kappa shape index (κ3) is 17.0. The fourth-order valence-electron chi connectivity index (χ4n) is 3.77. The summed E-state index contributed by atoms with van der Waals surface area (Å²) in [4.78, 5) is 33.2. The van der Waals surface area contributed by atoms with Gasteiger partial charge in [0.15, 0.2) is 13.1 Å². The van der Waals surface area contributed by atoms with Crippen molar-refractivity contribution in [1.29, 1.82) is 0 Å². The molecule has 0 aliphatic carbocycles. The number of carbonyl (C=O) groups is 3. The Morgan fingerprint density at radius 2 is 1.13 bits per heavy atom. The highest BCUT2D eigenvalue weighted by atomic mass is 16.4. The van der Waals surface area contributed by atoms with E-state index in [1.54, 1.807) is 0 Å². The second kappa shape index (κ2) is 17.9. The van der Waals surface area contributed by atoms with Crippen molar-refractivity contribution in [2.24, 2.45) is 0 Å². The van der Waals surface area contributed by atoms with Crippen LogP contribution in [0.4, 0.5) is 0 Å². The first-order valence-corrected chi connectivity index (χ1v) is 11.4. The van der Waals surface area contributed by atoms with Gasteiger partial charge in [-0.05, 0) is 38.5 Å². The van der Waals surface area contributed by atoms with Crippen molar-refractivity contribution in [3.8, 4) is 0 Å². The first-order valence-electron chi connectivity index (χ1n) is 11.4. The van der Waals surface area contributed by atoms with E-state index in [0.29, 0.717) is 6.42 Å². The Labute approximate surface area is 181 Å². The summed E-state index contributed by atoms with van der Waals surface area (Å²) >= 11 is 0. The van der Waals surface area contributed by atoms with E-state index in [-0.39, 0.29) is 6.54 Å². The van der Waals surface area contributed by atoms with Crippen LogP contribution in [0.25, 0.3) is 0 Å². The number of nitrogens with zero attached hydrogens (tertiary/aromatic N) is 1. The average Bonchev–Trinajstić information content (AvgIpc) is 2.63. The van der Waals surface area contributed by atoms with E-state index in [9.17, 15) is 19.5 Å². The van der Waals surface area contributed by atoms with Crippen LogP contribution in [0.5, 0.6) is 0 Å². The maximum Gasteiger partial charge on any atom is 0.359 e. The summed E-state index contributed by atoms with van der Waals surface area (Å²) in [6.45, 7) is 0.776. The minimum absolute atomic E-state index is 0.203. The van der Waals surface area contributed by atoms with Gasteiger partial charge in [-0.25, -0.2) is 9.59 Å². The number of quaternary nitrogens is 1. The van der Waals surface area contributed by atoms with Crippen molar-refractivity contribution in [3.05, 3.63) is 12.2 Å². The lowest BCUT2D eigenvalue weighted by Gasteiger charge is -2.36. The standard InChI is InChI=1S/C23H41NO6/c1-2-3-4-5-6-7-8-9-10-11-12-13-14-15-16-17-24(18-21(25)26,19-22(27)28)20-23(29)30/h11-12H,2-10,13-20H2,1H3,(H2-,25,26,27,28,29,30)/b12-11+. The van der Waals surface area contributed by atoms with E-state index in [4.69, 9.17) is 10.2 Å². The Kier molecular flexibility index (Phi) is 16.8. The van der Waals surface area contributed by atoms with Crippen LogP contribution in [-0.4, -0.2) is 58.8 Å². The number of carbonyl (C=O) groups excluding carboxylic acids is 1. The van der Waals surface area contributed by atoms with Gasteiger partial charge in [0, 0.05) is 0 Å². The predicted molar refractivity (Wildman–Crippen MR) is 115 cm³/mol. The van der Waals surface area contributed by atoms with Crippen molar-refractivity contribution >= 4 is 17.9 Å². The van der Waals surface area contributed by atoms with Crippen LogP contribution < -0.4 is 5.11 Å². The minimum atomic E-state index is -1.43. The van der Waals surface area contributed by atoms with Gasteiger partial charge in [-0.3, -0.25) is 0 Å². The number of allylic oxidation sites excluding steroid dienone is 2. The molecule has 174 valence electrons. The van der Waals surface area contributed by atoms with Crippen LogP contribution in [0.3, 0.4) is 0 Å². The molecule has 0 fully saturated rings. The summed E-state index contributed by atoms with van der Waals surface area (Å²) in [7, 11) is 0.